The predicted octanol–water partition coefficient (Wildman–Crippen LogP) is 2.44. The largest absolute Gasteiger partial charge is 0.351 e. The second kappa shape index (κ2) is 9.66. The van der Waals surface area contributed by atoms with Crippen LogP contribution in [0.4, 0.5) is 4.39 Å². The molecule has 0 aliphatic carbocycles. The van der Waals surface area contributed by atoms with Gasteiger partial charge in [0.05, 0.1) is 11.7 Å². The van der Waals surface area contributed by atoms with Gasteiger partial charge in [0.15, 0.2) is 0 Å². The van der Waals surface area contributed by atoms with Crippen LogP contribution in [0.2, 0.25) is 0 Å². The van der Waals surface area contributed by atoms with Crippen LogP contribution < -0.4 is 11.1 Å². The lowest BCUT2D eigenvalue weighted by Gasteiger charge is -2.12. The Morgan fingerprint density at radius 1 is 1.50 bits per heavy atom. The van der Waals surface area contributed by atoms with E-state index in [0.717, 1.165) is 5.75 Å². The number of hydrogen-bond acceptors (Lipinski definition) is 4. The molecule has 0 unspecified atom stereocenters. The molecular weight excluding hydrogens is 351 g/mol. The van der Waals surface area contributed by atoms with E-state index >= 15 is 0 Å². The summed E-state index contributed by atoms with van der Waals surface area (Å²) in [6, 6.07) is 4.35. The molecular formula is C16H22ClFN4OS. The Morgan fingerprint density at radius 2 is 2.25 bits per heavy atom. The van der Waals surface area contributed by atoms with E-state index in [-0.39, 0.29) is 30.7 Å². The molecule has 0 bridgehead atoms. The summed E-state index contributed by atoms with van der Waals surface area (Å²) in [6.07, 6.45) is 5.93. The number of carbonyl (C=O) groups excluding carboxylic acids is 1. The molecule has 1 aromatic heterocycles. The number of aromatic nitrogens is 2. The van der Waals surface area contributed by atoms with Crippen molar-refractivity contribution in [1.82, 2.24) is 14.9 Å². The molecule has 2 rings (SSSR count). The lowest BCUT2D eigenvalue weighted by Crippen LogP contribution is -2.40. The van der Waals surface area contributed by atoms with Gasteiger partial charge < -0.3 is 15.6 Å². The van der Waals surface area contributed by atoms with Crippen LogP contribution in [0.5, 0.6) is 0 Å². The topological polar surface area (TPSA) is 72.9 Å². The third kappa shape index (κ3) is 5.22. The molecule has 0 aliphatic heterocycles. The number of aryl methyl sites for hydroxylation is 1. The molecule has 1 amide bonds. The van der Waals surface area contributed by atoms with Crippen LogP contribution in [0.3, 0.4) is 0 Å². The molecule has 5 nitrogen and oxygen atoms in total. The fourth-order valence-electron chi connectivity index (χ4n) is 2.18. The minimum atomic E-state index is -0.528. The Kier molecular flexibility index (Phi) is 8.24. The maximum Gasteiger partial charge on any atom is 0.237 e. The molecule has 3 N–H and O–H groups in total. The maximum atomic E-state index is 14.3. The molecule has 2 aromatic rings. The molecule has 0 radical (unpaired) electrons. The second-order valence-electron chi connectivity index (χ2n) is 5.24. The quantitative estimate of drug-likeness (QED) is 0.783. The van der Waals surface area contributed by atoms with E-state index in [4.69, 9.17) is 5.73 Å². The monoisotopic (exact) mass is 372 g/mol. The van der Waals surface area contributed by atoms with Gasteiger partial charge in [-0.2, -0.15) is 11.8 Å². The standard InChI is InChI=1S/C16H21FN4OS.ClH/c1-11-19-6-7-21(11)15-4-3-12(9-13(15)17)10-20-16(22)14(18)5-8-23-2;/h3-4,6-7,9,14H,5,8,10,18H2,1-2H3,(H,20,22);1H/t14-;/m0./s1. The third-order valence-electron chi connectivity index (χ3n) is 3.53. The molecule has 24 heavy (non-hydrogen) atoms. The number of halogens is 2. The van der Waals surface area contributed by atoms with E-state index < -0.39 is 6.04 Å². The summed E-state index contributed by atoms with van der Waals surface area (Å²) in [6.45, 7) is 2.06. The number of carbonyl (C=O) groups is 1. The molecule has 8 heteroatoms. The van der Waals surface area contributed by atoms with E-state index in [1.165, 1.54) is 6.07 Å². The number of rotatable bonds is 7. The summed E-state index contributed by atoms with van der Waals surface area (Å²) in [4.78, 5) is 15.9. The fourth-order valence-corrected chi connectivity index (χ4v) is 2.67. The molecule has 0 fully saturated rings. The van der Waals surface area contributed by atoms with Gasteiger partial charge >= 0.3 is 0 Å². The van der Waals surface area contributed by atoms with E-state index in [0.29, 0.717) is 23.5 Å². The predicted molar refractivity (Wildman–Crippen MR) is 98.3 cm³/mol. The number of thioether (sulfide) groups is 1. The van der Waals surface area contributed by atoms with Crippen LogP contribution in [-0.4, -0.2) is 33.5 Å². The zero-order valence-electron chi connectivity index (χ0n) is 13.7. The second-order valence-corrected chi connectivity index (χ2v) is 6.22. The van der Waals surface area contributed by atoms with E-state index in [9.17, 15) is 9.18 Å². The number of nitrogens with zero attached hydrogens (tertiary/aromatic N) is 2. The first-order valence-corrected chi connectivity index (χ1v) is 8.73. The van der Waals surface area contributed by atoms with Crippen LogP contribution in [0.1, 0.15) is 17.8 Å². The van der Waals surface area contributed by atoms with Crippen molar-refractivity contribution < 1.29 is 9.18 Å². The van der Waals surface area contributed by atoms with Crippen molar-refractivity contribution in [2.24, 2.45) is 5.73 Å². The average Bonchev–Trinajstić information content (AvgIpc) is 2.96. The number of hydrogen-bond donors (Lipinski definition) is 2. The summed E-state index contributed by atoms with van der Waals surface area (Å²) in [7, 11) is 0. The van der Waals surface area contributed by atoms with Crippen molar-refractivity contribution in [1.29, 1.82) is 0 Å². The van der Waals surface area contributed by atoms with E-state index in [1.54, 1.807) is 40.9 Å². The van der Waals surface area contributed by atoms with Crippen molar-refractivity contribution >= 4 is 30.1 Å². The normalized spacial score (nSPS) is 11.7. The number of nitrogens with one attached hydrogen (secondary N) is 1. The number of nitrogens with two attached hydrogens (primary N) is 1. The molecule has 0 aliphatic rings. The van der Waals surface area contributed by atoms with Crippen molar-refractivity contribution in [3.63, 3.8) is 0 Å². The lowest BCUT2D eigenvalue weighted by molar-refractivity contribution is -0.122. The lowest BCUT2D eigenvalue weighted by atomic mass is 10.1. The van der Waals surface area contributed by atoms with Gasteiger partial charge in [0.1, 0.15) is 11.6 Å². The number of amides is 1. The van der Waals surface area contributed by atoms with Gasteiger partial charge in [-0.25, -0.2) is 9.37 Å². The van der Waals surface area contributed by atoms with Crippen LogP contribution in [0, 0.1) is 12.7 Å². The Bertz CT molecular complexity index is 680. The van der Waals surface area contributed by atoms with Gasteiger partial charge in [0, 0.05) is 18.9 Å². The van der Waals surface area contributed by atoms with Crippen LogP contribution >= 0.6 is 24.2 Å². The summed E-state index contributed by atoms with van der Waals surface area (Å²) < 4.78 is 15.9. The molecule has 1 aromatic carbocycles. The SMILES string of the molecule is CSCC[C@H](N)C(=O)NCc1ccc(-n2ccnc2C)c(F)c1.Cl. The summed E-state index contributed by atoms with van der Waals surface area (Å²) >= 11 is 1.65. The number of imidazole rings is 1. The maximum absolute atomic E-state index is 14.3. The Balaban J connectivity index is 0.00000288. The first-order valence-electron chi connectivity index (χ1n) is 7.34. The van der Waals surface area contributed by atoms with Crippen LogP contribution in [0.25, 0.3) is 5.69 Å². The Hall–Kier alpha value is -1.57. The summed E-state index contributed by atoms with van der Waals surface area (Å²) in [5, 5.41) is 2.74. The van der Waals surface area contributed by atoms with Crippen molar-refractivity contribution in [3.05, 3.63) is 47.8 Å². The highest BCUT2D eigenvalue weighted by Gasteiger charge is 2.13. The molecule has 1 atom stereocenters. The van der Waals surface area contributed by atoms with Crippen molar-refractivity contribution in [2.75, 3.05) is 12.0 Å². The molecule has 1 heterocycles. The fraction of sp³-hybridized carbons (Fsp3) is 0.375. The molecule has 0 saturated heterocycles. The highest BCUT2D eigenvalue weighted by Crippen LogP contribution is 2.16. The minimum absolute atomic E-state index is 0. The zero-order chi connectivity index (χ0) is 16.8. The average molecular weight is 373 g/mol. The highest BCUT2D eigenvalue weighted by molar-refractivity contribution is 7.98. The summed E-state index contributed by atoms with van der Waals surface area (Å²) in [5.41, 5.74) is 6.92. The van der Waals surface area contributed by atoms with Gasteiger partial charge in [0.2, 0.25) is 5.91 Å². The molecule has 0 spiro atoms. The van der Waals surface area contributed by atoms with Gasteiger partial charge in [-0.15, -0.1) is 12.4 Å². The molecule has 0 saturated carbocycles. The van der Waals surface area contributed by atoms with Crippen molar-refractivity contribution in [3.8, 4) is 5.69 Å². The minimum Gasteiger partial charge on any atom is -0.351 e. The number of benzene rings is 1. The van der Waals surface area contributed by atoms with E-state index in [1.807, 2.05) is 13.2 Å². The smallest absolute Gasteiger partial charge is 0.237 e. The highest BCUT2D eigenvalue weighted by atomic mass is 35.5. The third-order valence-corrected chi connectivity index (χ3v) is 4.18. The Morgan fingerprint density at radius 3 is 2.83 bits per heavy atom. The van der Waals surface area contributed by atoms with Crippen LogP contribution in [0.15, 0.2) is 30.6 Å². The van der Waals surface area contributed by atoms with Gasteiger partial charge in [-0.3, -0.25) is 4.79 Å². The molecule has 132 valence electrons. The van der Waals surface area contributed by atoms with Crippen molar-refractivity contribution in [2.45, 2.75) is 25.9 Å². The first-order chi connectivity index (χ1) is 11.0. The van der Waals surface area contributed by atoms with Gasteiger partial charge in [0.25, 0.3) is 0 Å². The Labute approximate surface area is 151 Å². The van der Waals surface area contributed by atoms with E-state index in [2.05, 4.69) is 10.3 Å². The van der Waals surface area contributed by atoms with Gasteiger partial charge in [-0.1, -0.05) is 6.07 Å². The van der Waals surface area contributed by atoms with Crippen LogP contribution in [-0.2, 0) is 11.3 Å². The van der Waals surface area contributed by atoms with Gasteiger partial charge in [-0.05, 0) is 43.0 Å². The zero-order valence-corrected chi connectivity index (χ0v) is 15.3. The summed E-state index contributed by atoms with van der Waals surface area (Å²) in [5.74, 6) is 0.977. The first kappa shape index (κ1) is 20.5.